The number of carbonyl (C=O) groups is 2. The van der Waals surface area contributed by atoms with Crippen LogP contribution in [0.2, 0.25) is 0 Å². The third-order valence-corrected chi connectivity index (χ3v) is 4.07. The number of carbonyl (C=O) groups excluding carboxylic acids is 2. The van der Waals surface area contributed by atoms with Gasteiger partial charge in [0.15, 0.2) is 0 Å². The summed E-state index contributed by atoms with van der Waals surface area (Å²) in [5.41, 5.74) is 4.14. The van der Waals surface area contributed by atoms with Crippen molar-refractivity contribution < 1.29 is 14.3 Å². The Kier molecular flexibility index (Phi) is 5.93. The predicted molar refractivity (Wildman–Crippen MR) is 107 cm³/mol. The van der Waals surface area contributed by atoms with E-state index in [9.17, 15) is 19.2 Å². The van der Waals surface area contributed by atoms with Gasteiger partial charge in [0.1, 0.15) is 12.3 Å². The molecular weight excluding hydrogens is 378 g/mol. The van der Waals surface area contributed by atoms with Crippen LogP contribution in [0.5, 0.6) is 5.75 Å². The van der Waals surface area contributed by atoms with Crippen LogP contribution in [0.1, 0.15) is 0 Å². The molecule has 10 heteroatoms. The molecule has 0 saturated carbocycles. The molecule has 0 saturated heterocycles. The van der Waals surface area contributed by atoms with Crippen LogP contribution in [-0.2, 0) is 16.1 Å². The molecule has 0 unspecified atom stereocenters. The number of methoxy groups -OCH3 is 1. The van der Waals surface area contributed by atoms with Gasteiger partial charge in [-0.05, 0) is 36.4 Å². The fraction of sp³-hybridized carbons (Fsp3) is 0.158. The molecule has 29 heavy (non-hydrogen) atoms. The maximum absolute atomic E-state index is 12.4. The van der Waals surface area contributed by atoms with Crippen LogP contribution in [0.15, 0.2) is 58.1 Å². The van der Waals surface area contributed by atoms with Crippen molar-refractivity contribution in [3.05, 3.63) is 69.2 Å². The monoisotopic (exact) mass is 397 g/mol. The Labute approximate surface area is 164 Å². The first-order chi connectivity index (χ1) is 14.0. The molecule has 0 aliphatic heterocycles. The third-order valence-electron chi connectivity index (χ3n) is 4.07. The van der Waals surface area contributed by atoms with E-state index < -0.39 is 29.5 Å². The van der Waals surface area contributed by atoms with E-state index in [1.807, 2.05) is 0 Å². The lowest BCUT2D eigenvalue weighted by atomic mass is 10.2. The highest BCUT2D eigenvalue weighted by Crippen LogP contribution is 2.14. The van der Waals surface area contributed by atoms with E-state index in [0.29, 0.717) is 11.4 Å². The van der Waals surface area contributed by atoms with E-state index in [1.165, 1.54) is 12.1 Å². The molecule has 1 aromatic heterocycles. The number of rotatable bonds is 6. The minimum absolute atomic E-state index is 0.0840. The van der Waals surface area contributed by atoms with Crippen LogP contribution in [0.3, 0.4) is 0 Å². The van der Waals surface area contributed by atoms with E-state index in [1.54, 1.807) is 43.5 Å². The molecule has 0 aliphatic carbocycles. The Morgan fingerprint density at radius 3 is 2.31 bits per heavy atom. The van der Waals surface area contributed by atoms with Crippen LogP contribution in [-0.4, -0.2) is 35.2 Å². The molecule has 0 radical (unpaired) electrons. The van der Waals surface area contributed by atoms with Crippen molar-refractivity contribution in [3.63, 3.8) is 0 Å². The second-order valence-corrected chi connectivity index (χ2v) is 6.06. The van der Waals surface area contributed by atoms with Gasteiger partial charge in [-0.2, -0.15) is 0 Å². The highest BCUT2D eigenvalue weighted by Gasteiger charge is 2.11. The molecule has 2 aromatic carbocycles. The zero-order valence-electron chi connectivity index (χ0n) is 15.5. The molecule has 150 valence electrons. The summed E-state index contributed by atoms with van der Waals surface area (Å²) in [6, 6.07) is 13.3. The summed E-state index contributed by atoms with van der Waals surface area (Å²) in [6.07, 6.45) is 0. The Hall–Kier alpha value is -4.08. The minimum atomic E-state index is -0.671. The van der Waals surface area contributed by atoms with Crippen LogP contribution >= 0.6 is 0 Å². The molecule has 10 nitrogen and oxygen atoms in total. The van der Waals surface area contributed by atoms with Gasteiger partial charge in [0.05, 0.1) is 24.4 Å². The summed E-state index contributed by atoms with van der Waals surface area (Å²) in [5, 5.41) is 5.68. The fourth-order valence-electron chi connectivity index (χ4n) is 2.62. The maximum Gasteiger partial charge on any atom is 0.273 e. The number of nitrogens with one attached hydrogen (secondary N) is 4. The van der Waals surface area contributed by atoms with Crippen LogP contribution < -0.4 is 32.0 Å². The molecule has 3 rings (SSSR count). The SMILES string of the molecule is COc1ccc(NCC(=O)NNC(=O)Cn2[nH]c(=O)c3ccccc3c2=O)cc1. The van der Waals surface area contributed by atoms with Crippen molar-refractivity contribution in [2.75, 3.05) is 19.0 Å². The van der Waals surface area contributed by atoms with Crippen molar-refractivity contribution in [1.82, 2.24) is 20.6 Å². The molecule has 0 spiro atoms. The van der Waals surface area contributed by atoms with Gasteiger partial charge in [0.2, 0.25) is 0 Å². The Bertz CT molecular complexity index is 1150. The molecule has 4 N–H and O–H groups in total. The lowest BCUT2D eigenvalue weighted by Crippen LogP contribution is -2.46. The highest BCUT2D eigenvalue weighted by atomic mass is 16.5. The van der Waals surface area contributed by atoms with Gasteiger partial charge in [-0.15, -0.1) is 0 Å². The number of fused-ring (bicyclic) bond motifs is 1. The first-order valence-corrected chi connectivity index (χ1v) is 8.65. The lowest BCUT2D eigenvalue weighted by Gasteiger charge is -2.10. The van der Waals surface area contributed by atoms with E-state index in [4.69, 9.17) is 4.74 Å². The summed E-state index contributed by atoms with van der Waals surface area (Å²) < 4.78 is 5.94. The quantitative estimate of drug-likeness (QED) is 0.431. The second-order valence-electron chi connectivity index (χ2n) is 6.06. The van der Waals surface area contributed by atoms with Gasteiger partial charge in [-0.1, -0.05) is 12.1 Å². The third kappa shape index (κ3) is 4.80. The molecule has 0 atom stereocenters. The number of aromatic nitrogens is 2. The standard InChI is InChI=1S/C19H19N5O5/c1-29-13-8-6-12(7-9-13)20-10-16(25)21-22-17(26)11-24-19(28)15-5-3-2-4-14(15)18(27)23-24/h2-9,20H,10-11H2,1H3,(H,21,25)(H,22,26)(H,23,27). The van der Waals surface area contributed by atoms with Gasteiger partial charge in [-0.3, -0.25) is 35.1 Å². The van der Waals surface area contributed by atoms with Crippen molar-refractivity contribution in [3.8, 4) is 5.75 Å². The topological polar surface area (TPSA) is 134 Å². The number of anilines is 1. The first-order valence-electron chi connectivity index (χ1n) is 8.65. The molecule has 1 heterocycles. The van der Waals surface area contributed by atoms with Gasteiger partial charge in [0, 0.05) is 5.69 Å². The van der Waals surface area contributed by atoms with E-state index in [2.05, 4.69) is 21.3 Å². The summed E-state index contributed by atoms with van der Waals surface area (Å²) in [7, 11) is 1.56. The van der Waals surface area contributed by atoms with Crippen LogP contribution in [0.25, 0.3) is 10.8 Å². The lowest BCUT2D eigenvalue weighted by molar-refractivity contribution is -0.128. The largest absolute Gasteiger partial charge is 0.497 e. The number of aromatic amines is 1. The highest BCUT2D eigenvalue weighted by molar-refractivity contribution is 5.85. The number of hydrogen-bond acceptors (Lipinski definition) is 6. The van der Waals surface area contributed by atoms with Gasteiger partial charge in [-0.25, -0.2) is 4.68 Å². The van der Waals surface area contributed by atoms with E-state index in [0.717, 1.165) is 4.68 Å². The van der Waals surface area contributed by atoms with E-state index in [-0.39, 0.29) is 17.3 Å². The Morgan fingerprint density at radius 1 is 0.966 bits per heavy atom. The second kappa shape index (κ2) is 8.74. The van der Waals surface area contributed by atoms with Crippen molar-refractivity contribution in [1.29, 1.82) is 0 Å². The number of hydrogen-bond donors (Lipinski definition) is 4. The summed E-state index contributed by atoms with van der Waals surface area (Å²) in [5.74, 6) is -0.474. The number of H-pyrrole nitrogens is 1. The van der Waals surface area contributed by atoms with Crippen molar-refractivity contribution in [2.45, 2.75) is 6.54 Å². The normalized spacial score (nSPS) is 10.4. The number of hydrazine groups is 1. The van der Waals surface area contributed by atoms with Crippen molar-refractivity contribution in [2.24, 2.45) is 0 Å². The fourth-order valence-corrected chi connectivity index (χ4v) is 2.62. The minimum Gasteiger partial charge on any atom is -0.497 e. The predicted octanol–water partition coefficient (Wildman–Crippen LogP) is -0.0421. The summed E-state index contributed by atoms with van der Waals surface area (Å²) >= 11 is 0. The summed E-state index contributed by atoms with van der Waals surface area (Å²) in [6.45, 7) is -0.537. The molecule has 0 aliphatic rings. The van der Waals surface area contributed by atoms with Gasteiger partial charge >= 0.3 is 0 Å². The number of ether oxygens (including phenoxy) is 1. The zero-order valence-corrected chi connectivity index (χ0v) is 15.5. The first kappa shape index (κ1) is 19.7. The number of amides is 2. The van der Waals surface area contributed by atoms with Crippen molar-refractivity contribution >= 4 is 28.3 Å². The van der Waals surface area contributed by atoms with Crippen LogP contribution in [0.4, 0.5) is 5.69 Å². The van der Waals surface area contributed by atoms with E-state index >= 15 is 0 Å². The smallest absolute Gasteiger partial charge is 0.273 e. The van der Waals surface area contributed by atoms with Gasteiger partial charge in [0.25, 0.3) is 22.9 Å². The Balaban J connectivity index is 1.54. The molecule has 2 amide bonds. The average Bonchev–Trinajstić information content (AvgIpc) is 2.74. The van der Waals surface area contributed by atoms with Gasteiger partial charge < -0.3 is 10.1 Å². The Morgan fingerprint density at radius 2 is 1.62 bits per heavy atom. The summed E-state index contributed by atoms with van der Waals surface area (Å²) in [4.78, 5) is 48.3. The molecule has 3 aromatic rings. The molecular formula is C19H19N5O5. The molecule has 0 fully saturated rings. The molecule has 0 bridgehead atoms. The zero-order chi connectivity index (χ0) is 20.8. The number of benzene rings is 2. The van der Waals surface area contributed by atoms with Crippen LogP contribution in [0, 0.1) is 0 Å². The maximum atomic E-state index is 12.4. The average molecular weight is 397 g/mol. The number of nitrogens with zero attached hydrogens (tertiary/aromatic N) is 1.